The van der Waals surface area contributed by atoms with Crippen molar-refractivity contribution in [3.8, 4) is 0 Å². The van der Waals surface area contributed by atoms with Crippen molar-refractivity contribution in [2.45, 2.75) is 12.3 Å². The Bertz CT molecular complexity index is 257. The number of nitrogen functional groups attached to an aromatic ring is 1. The highest BCUT2D eigenvalue weighted by Crippen LogP contribution is 2.30. The molecule has 1 aromatic heterocycles. The first-order valence-corrected chi connectivity index (χ1v) is 5.17. The Morgan fingerprint density at radius 2 is 2.50 bits per heavy atom. The van der Waals surface area contributed by atoms with Gasteiger partial charge in [-0.3, -0.25) is 0 Å². The van der Waals surface area contributed by atoms with Crippen LogP contribution in [-0.4, -0.2) is 26.3 Å². The molecule has 1 unspecified atom stereocenters. The topological polar surface area (TPSA) is 56.7 Å². The molecule has 12 heavy (non-hydrogen) atoms. The minimum atomic E-state index is 0.516. The van der Waals surface area contributed by atoms with Crippen LogP contribution in [0, 0.1) is 0 Å². The summed E-state index contributed by atoms with van der Waals surface area (Å²) in [4.78, 5) is 4.21. The fourth-order valence-electron chi connectivity index (χ4n) is 1.33. The molecular formula is C7H12N4S. The monoisotopic (exact) mass is 184 g/mol. The van der Waals surface area contributed by atoms with Crippen molar-refractivity contribution in [1.82, 2.24) is 14.8 Å². The normalized spacial score (nSPS) is 23.2. The molecule has 1 saturated heterocycles. The van der Waals surface area contributed by atoms with E-state index < -0.39 is 0 Å². The largest absolute Gasteiger partial charge is 0.368 e. The van der Waals surface area contributed by atoms with E-state index in [9.17, 15) is 0 Å². The van der Waals surface area contributed by atoms with E-state index in [4.69, 9.17) is 5.73 Å². The molecule has 1 fully saturated rings. The van der Waals surface area contributed by atoms with Gasteiger partial charge in [-0.15, -0.1) is 0 Å². The fraction of sp³-hybridized carbons (Fsp3) is 0.714. The zero-order valence-electron chi connectivity index (χ0n) is 7.03. The van der Waals surface area contributed by atoms with Crippen LogP contribution in [-0.2, 0) is 7.05 Å². The summed E-state index contributed by atoms with van der Waals surface area (Å²) < 4.78 is 1.64. The Balaban J connectivity index is 2.21. The first kappa shape index (κ1) is 7.91. The molecule has 0 amide bonds. The molecule has 0 bridgehead atoms. The average Bonchev–Trinajstić information content (AvgIpc) is 2.61. The summed E-state index contributed by atoms with van der Waals surface area (Å²) in [5.41, 5.74) is 5.59. The van der Waals surface area contributed by atoms with Gasteiger partial charge in [-0.25, -0.2) is 4.68 Å². The quantitative estimate of drug-likeness (QED) is 0.695. The molecule has 1 aromatic rings. The van der Waals surface area contributed by atoms with E-state index in [1.165, 1.54) is 12.2 Å². The maximum absolute atomic E-state index is 5.59. The van der Waals surface area contributed by atoms with E-state index in [-0.39, 0.29) is 0 Å². The number of rotatable bonds is 1. The molecule has 0 aliphatic carbocycles. The third kappa shape index (κ3) is 1.29. The molecule has 2 heterocycles. The van der Waals surface area contributed by atoms with Gasteiger partial charge in [0.05, 0.1) is 0 Å². The third-order valence-corrected chi connectivity index (χ3v) is 3.27. The zero-order valence-corrected chi connectivity index (χ0v) is 7.84. The van der Waals surface area contributed by atoms with E-state index in [1.807, 2.05) is 18.8 Å². The number of thioether (sulfide) groups is 1. The van der Waals surface area contributed by atoms with Gasteiger partial charge in [0, 0.05) is 18.7 Å². The van der Waals surface area contributed by atoms with Crippen LogP contribution in [0.15, 0.2) is 0 Å². The van der Waals surface area contributed by atoms with Crippen molar-refractivity contribution in [2.24, 2.45) is 7.05 Å². The van der Waals surface area contributed by atoms with E-state index in [0.717, 1.165) is 11.6 Å². The molecule has 0 saturated carbocycles. The standard InChI is InChI=1S/C7H12N4S/c1-11-7(8)9-6(10-11)5-2-3-12-4-5/h5H,2-4H2,1H3,(H2,8,9,10). The van der Waals surface area contributed by atoms with Gasteiger partial charge in [0.2, 0.25) is 5.95 Å². The highest BCUT2D eigenvalue weighted by molar-refractivity contribution is 7.99. The smallest absolute Gasteiger partial charge is 0.218 e. The van der Waals surface area contributed by atoms with Crippen LogP contribution in [0.4, 0.5) is 5.95 Å². The number of hydrogen-bond acceptors (Lipinski definition) is 4. The zero-order chi connectivity index (χ0) is 8.55. The first-order chi connectivity index (χ1) is 5.77. The Morgan fingerprint density at radius 3 is 3.00 bits per heavy atom. The predicted molar refractivity (Wildman–Crippen MR) is 50.1 cm³/mol. The second-order valence-electron chi connectivity index (χ2n) is 3.01. The van der Waals surface area contributed by atoms with Crippen molar-refractivity contribution < 1.29 is 0 Å². The Morgan fingerprint density at radius 1 is 1.67 bits per heavy atom. The van der Waals surface area contributed by atoms with Gasteiger partial charge in [0.15, 0.2) is 5.82 Å². The SMILES string of the molecule is Cn1nc(C2CCSC2)nc1N. The Labute approximate surface area is 75.5 Å². The summed E-state index contributed by atoms with van der Waals surface area (Å²) >= 11 is 1.96. The number of hydrogen-bond donors (Lipinski definition) is 1. The summed E-state index contributed by atoms with van der Waals surface area (Å²) in [5.74, 6) is 4.33. The Kier molecular flexibility index (Phi) is 1.96. The predicted octanol–water partition coefficient (Wildman–Crippen LogP) is 0.618. The molecule has 0 spiro atoms. The molecule has 0 radical (unpaired) electrons. The summed E-state index contributed by atoms with van der Waals surface area (Å²) in [5, 5.41) is 4.26. The number of nitrogens with two attached hydrogens (primary N) is 1. The van der Waals surface area contributed by atoms with Crippen LogP contribution >= 0.6 is 11.8 Å². The molecule has 66 valence electrons. The van der Waals surface area contributed by atoms with Crippen molar-refractivity contribution in [3.05, 3.63) is 5.82 Å². The fourth-order valence-corrected chi connectivity index (χ4v) is 2.55. The lowest BCUT2D eigenvalue weighted by Crippen LogP contribution is -2.00. The van der Waals surface area contributed by atoms with Crippen LogP contribution in [0.25, 0.3) is 0 Å². The summed E-state index contributed by atoms with van der Waals surface area (Å²) in [6, 6.07) is 0. The molecule has 2 rings (SSSR count). The molecule has 1 aliphatic heterocycles. The van der Waals surface area contributed by atoms with Crippen LogP contribution < -0.4 is 5.73 Å². The van der Waals surface area contributed by atoms with Gasteiger partial charge in [0.25, 0.3) is 0 Å². The van der Waals surface area contributed by atoms with E-state index in [2.05, 4.69) is 10.1 Å². The summed E-state index contributed by atoms with van der Waals surface area (Å²) in [7, 11) is 1.83. The molecule has 2 N–H and O–H groups in total. The second-order valence-corrected chi connectivity index (χ2v) is 4.16. The van der Waals surface area contributed by atoms with E-state index in [1.54, 1.807) is 4.68 Å². The Hall–Kier alpha value is -0.710. The lowest BCUT2D eigenvalue weighted by molar-refractivity contribution is 0.684. The first-order valence-electron chi connectivity index (χ1n) is 4.01. The number of anilines is 1. The minimum Gasteiger partial charge on any atom is -0.368 e. The number of nitrogens with zero attached hydrogens (tertiary/aromatic N) is 3. The third-order valence-electron chi connectivity index (χ3n) is 2.11. The maximum atomic E-state index is 5.59. The minimum absolute atomic E-state index is 0.516. The van der Waals surface area contributed by atoms with Crippen LogP contribution in [0.2, 0.25) is 0 Å². The van der Waals surface area contributed by atoms with Gasteiger partial charge < -0.3 is 5.73 Å². The maximum Gasteiger partial charge on any atom is 0.218 e. The molecule has 0 aromatic carbocycles. The van der Waals surface area contributed by atoms with Crippen LogP contribution in [0.5, 0.6) is 0 Å². The van der Waals surface area contributed by atoms with Gasteiger partial charge in [-0.05, 0) is 12.2 Å². The summed E-state index contributed by atoms with van der Waals surface area (Å²) in [6.45, 7) is 0. The molecule has 4 nitrogen and oxygen atoms in total. The van der Waals surface area contributed by atoms with Gasteiger partial charge in [-0.1, -0.05) is 0 Å². The number of aryl methyl sites for hydroxylation is 1. The lowest BCUT2D eigenvalue weighted by atomic mass is 10.1. The van der Waals surface area contributed by atoms with Gasteiger partial charge in [0.1, 0.15) is 0 Å². The van der Waals surface area contributed by atoms with E-state index >= 15 is 0 Å². The second kappa shape index (κ2) is 2.97. The van der Waals surface area contributed by atoms with Gasteiger partial charge >= 0.3 is 0 Å². The number of aromatic nitrogens is 3. The summed E-state index contributed by atoms with van der Waals surface area (Å²) in [6.07, 6.45) is 1.19. The molecule has 5 heteroatoms. The lowest BCUT2D eigenvalue weighted by Gasteiger charge is -1.99. The highest BCUT2D eigenvalue weighted by atomic mass is 32.2. The highest BCUT2D eigenvalue weighted by Gasteiger charge is 2.21. The van der Waals surface area contributed by atoms with Crippen LogP contribution in [0.3, 0.4) is 0 Å². The molecular weight excluding hydrogens is 172 g/mol. The van der Waals surface area contributed by atoms with Crippen molar-refractivity contribution in [2.75, 3.05) is 17.2 Å². The average molecular weight is 184 g/mol. The van der Waals surface area contributed by atoms with E-state index in [0.29, 0.717) is 11.9 Å². The molecule has 1 aliphatic rings. The molecule has 1 atom stereocenters. The van der Waals surface area contributed by atoms with Crippen molar-refractivity contribution >= 4 is 17.7 Å². The van der Waals surface area contributed by atoms with Crippen molar-refractivity contribution in [3.63, 3.8) is 0 Å². The van der Waals surface area contributed by atoms with Gasteiger partial charge in [-0.2, -0.15) is 21.8 Å². The van der Waals surface area contributed by atoms with Crippen LogP contribution in [0.1, 0.15) is 18.2 Å². The van der Waals surface area contributed by atoms with Crippen molar-refractivity contribution in [1.29, 1.82) is 0 Å².